The Kier molecular flexibility index (Phi) is 5.08. The molecule has 1 aliphatic rings. The van der Waals surface area contributed by atoms with Gasteiger partial charge < -0.3 is 16.0 Å². The van der Waals surface area contributed by atoms with Gasteiger partial charge in [-0.25, -0.2) is 4.98 Å². The fraction of sp³-hybridized carbons (Fsp3) is 0.333. The summed E-state index contributed by atoms with van der Waals surface area (Å²) in [4.78, 5) is 21.0. The van der Waals surface area contributed by atoms with Crippen molar-refractivity contribution >= 4 is 17.4 Å². The minimum Gasteiger partial charge on any atom is -0.384 e. The number of pyridine rings is 1. The Morgan fingerprint density at radius 3 is 2.46 bits per heavy atom. The Hall–Kier alpha value is -2.44. The third-order valence-corrected chi connectivity index (χ3v) is 4.26. The van der Waals surface area contributed by atoms with Crippen LogP contribution in [-0.2, 0) is 6.54 Å². The van der Waals surface area contributed by atoms with E-state index < -0.39 is 0 Å². The molecule has 2 heterocycles. The second kappa shape index (κ2) is 7.42. The minimum atomic E-state index is -0.146. The summed E-state index contributed by atoms with van der Waals surface area (Å²) in [5.74, 6) is 0.286. The van der Waals surface area contributed by atoms with Crippen LogP contribution in [0, 0.1) is 0 Å². The molecule has 0 spiro atoms. The van der Waals surface area contributed by atoms with Gasteiger partial charge in [-0.1, -0.05) is 12.1 Å². The quantitative estimate of drug-likeness (QED) is 0.894. The number of nitrogens with two attached hydrogens (primary N) is 1. The maximum atomic E-state index is 12.3. The van der Waals surface area contributed by atoms with Crippen molar-refractivity contribution in [3.8, 4) is 0 Å². The van der Waals surface area contributed by atoms with Crippen LogP contribution in [0.25, 0.3) is 0 Å². The Labute approximate surface area is 142 Å². The highest BCUT2D eigenvalue weighted by atomic mass is 16.1. The SMILES string of the molecule is CN1CCN(Cc2ccc(C(=O)Nc3ccc(N)nc3)cc2)CC1. The number of anilines is 2. The molecule has 2 aromatic rings. The van der Waals surface area contributed by atoms with Crippen LogP contribution in [0.2, 0.25) is 0 Å². The van der Waals surface area contributed by atoms with Crippen molar-refractivity contribution in [2.45, 2.75) is 6.54 Å². The molecule has 1 saturated heterocycles. The summed E-state index contributed by atoms with van der Waals surface area (Å²) in [7, 11) is 2.15. The molecule has 1 aromatic carbocycles. The summed E-state index contributed by atoms with van der Waals surface area (Å²) in [6, 6.07) is 11.2. The van der Waals surface area contributed by atoms with E-state index in [1.165, 1.54) is 5.56 Å². The van der Waals surface area contributed by atoms with Crippen LogP contribution in [0.3, 0.4) is 0 Å². The second-order valence-corrected chi connectivity index (χ2v) is 6.20. The second-order valence-electron chi connectivity index (χ2n) is 6.20. The molecule has 0 unspecified atom stereocenters. The number of nitrogens with one attached hydrogen (secondary N) is 1. The molecule has 24 heavy (non-hydrogen) atoms. The molecule has 3 N–H and O–H groups in total. The van der Waals surface area contributed by atoms with E-state index in [9.17, 15) is 4.79 Å². The molecule has 6 heteroatoms. The molecule has 6 nitrogen and oxygen atoms in total. The monoisotopic (exact) mass is 325 g/mol. The number of aromatic nitrogens is 1. The molecule has 1 aromatic heterocycles. The highest BCUT2D eigenvalue weighted by Gasteiger charge is 2.14. The van der Waals surface area contributed by atoms with E-state index in [-0.39, 0.29) is 5.91 Å². The molecule has 3 rings (SSSR count). The topological polar surface area (TPSA) is 74.5 Å². The van der Waals surface area contributed by atoms with Gasteiger partial charge in [-0.15, -0.1) is 0 Å². The average molecular weight is 325 g/mol. The summed E-state index contributed by atoms with van der Waals surface area (Å²) < 4.78 is 0. The zero-order chi connectivity index (χ0) is 16.9. The van der Waals surface area contributed by atoms with E-state index in [4.69, 9.17) is 5.73 Å². The van der Waals surface area contributed by atoms with Crippen molar-refractivity contribution in [3.05, 3.63) is 53.7 Å². The number of piperazine rings is 1. The van der Waals surface area contributed by atoms with Crippen LogP contribution < -0.4 is 11.1 Å². The van der Waals surface area contributed by atoms with Crippen LogP contribution in [0.4, 0.5) is 11.5 Å². The van der Waals surface area contributed by atoms with Crippen LogP contribution >= 0.6 is 0 Å². The summed E-state index contributed by atoms with van der Waals surface area (Å²) in [5.41, 5.74) is 8.03. The van der Waals surface area contributed by atoms with Gasteiger partial charge in [0.2, 0.25) is 0 Å². The molecule has 0 radical (unpaired) electrons. The number of hydrogen-bond donors (Lipinski definition) is 2. The average Bonchev–Trinajstić information content (AvgIpc) is 2.59. The number of benzene rings is 1. The van der Waals surface area contributed by atoms with Gasteiger partial charge in [0.05, 0.1) is 11.9 Å². The van der Waals surface area contributed by atoms with Crippen molar-refractivity contribution in [1.29, 1.82) is 0 Å². The molecule has 1 amide bonds. The Bertz CT molecular complexity index is 676. The maximum absolute atomic E-state index is 12.3. The van der Waals surface area contributed by atoms with Crippen molar-refractivity contribution < 1.29 is 4.79 Å². The first-order valence-electron chi connectivity index (χ1n) is 8.13. The van der Waals surface area contributed by atoms with Gasteiger partial charge in [-0.05, 0) is 36.9 Å². The Balaban J connectivity index is 1.57. The van der Waals surface area contributed by atoms with E-state index in [1.54, 1.807) is 18.3 Å². The van der Waals surface area contributed by atoms with E-state index in [0.717, 1.165) is 32.7 Å². The highest BCUT2D eigenvalue weighted by Crippen LogP contribution is 2.12. The highest BCUT2D eigenvalue weighted by molar-refractivity contribution is 6.04. The van der Waals surface area contributed by atoms with Crippen LogP contribution in [0.15, 0.2) is 42.6 Å². The molecule has 0 bridgehead atoms. The first-order valence-corrected chi connectivity index (χ1v) is 8.13. The summed E-state index contributed by atoms with van der Waals surface area (Å²) in [6.45, 7) is 5.32. The van der Waals surface area contributed by atoms with Crippen LogP contribution in [0.1, 0.15) is 15.9 Å². The summed E-state index contributed by atoms with van der Waals surface area (Å²) >= 11 is 0. The lowest BCUT2D eigenvalue weighted by atomic mass is 10.1. The molecule has 0 atom stereocenters. The normalized spacial score (nSPS) is 16.0. The number of likely N-dealkylation sites (N-methyl/N-ethyl adjacent to an activating group) is 1. The molecule has 0 aliphatic carbocycles. The van der Waals surface area contributed by atoms with E-state index in [1.807, 2.05) is 24.3 Å². The van der Waals surface area contributed by atoms with Crippen molar-refractivity contribution in [2.24, 2.45) is 0 Å². The first kappa shape index (κ1) is 16.4. The van der Waals surface area contributed by atoms with E-state index in [0.29, 0.717) is 17.1 Å². The van der Waals surface area contributed by atoms with Gasteiger partial charge in [-0.2, -0.15) is 0 Å². The zero-order valence-electron chi connectivity index (χ0n) is 13.9. The fourth-order valence-electron chi connectivity index (χ4n) is 2.71. The predicted octanol–water partition coefficient (Wildman–Crippen LogP) is 1.66. The molecule has 126 valence electrons. The summed E-state index contributed by atoms with van der Waals surface area (Å²) in [6.07, 6.45) is 1.55. The van der Waals surface area contributed by atoms with E-state index in [2.05, 4.69) is 27.1 Å². The summed E-state index contributed by atoms with van der Waals surface area (Å²) in [5, 5.41) is 2.82. The van der Waals surface area contributed by atoms with Gasteiger partial charge in [0.25, 0.3) is 5.91 Å². The molecular formula is C18H23N5O. The number of nitrogen functional groups attached to an aromatic ring is 1. The predicted molar refractivity (Wildman–Crippen MR) is 95.8 cm³/mol. The fourth-order valence-corrected chi connectivity index (χ4v) is 2.71. The van der Waals surface area contributed by atoms with Gasteiger partial charge in [-0.3, -0.25) is 9.69 Å². The van der Waals surface area contributed by atoms with Crippen molar-refractivity contribution in [1.82, 2.24) is 14.8 Å². The van der Waals surface area contributed by atoms with Crippen molar-refractivity contribution in [2.75, 3.05) is 44.3 Å². The number of carbonyl (C=O) groups excluding carboxylic acids is 1. The van der Waals surface area contributed by atoms with E-state index >= 15 is 0 Å². The number of carbonyl (C=O) groups is 1. The van der Waals surface area contributed by atoms with Gasteiger partial charge in [0.1, 0.15) is 5.82 Å². The largest absolute Gasteiger partial charge is 0.384 e. The molecule has 1 fully saturated rings. The molecule has 1 aliphatic heterocycles. The Morgan fingerprint density at radius 1 is 1.12 bits per heavy atom. The molecule has 0 saturated carbocycles. The van der Waals surface area contributed by atoms with Gasteiger partial charge in [0.15, 0.2) is 0 Å². The number of nitrogens with zero attached hydrogens (tertiary/aromatic N) is 3. The lowest BCUT2D eigenvalue weighted by Gasteiger charge is -2.32. The lowest BCUT2D eigenvalue weighted by molar-refractivity contribution is 0.102. The first-order chi connectivity index (χ1) is 11.6. The number of rotatable bonds is 4. The maximum Gasteiger partial charge on any atom is 0.255 e. The Morgan fingerprint density at radius 2 is 1.83 bits per heavy atom. The number of hydrogen-bond acceptors (Lipinski definition) is 5. The smallest absolute Gasteiger partial charge is 0.255 e. The lowest BCUT2D eigenvalue weighted by Crippen LogP contribution is -2.43. The van der Waals surface area contributed by atoms with Crippen LogP contribution in [0.5, 0.6) is 0 Å². The van der Waals surface area contributed by atoms with Gasteiger partial charge in [0, 0.05) is 38.3 Å². The van der Waals surface area contributed by atoms with Gasteiger partial charge >= 0.3 is 0 Å². The van der Waals surface area contributed by atoms with Crippen molar-refractivity contribution in [3.63, 3.8) is 0 Å². The third kappa shape index (κ3) is 4.31. The van der Waals surface area contributed by atoms with Crippen LogP contribution in [-0.4, -0.2) is 53.9 Å². The molecular weight excluding hydrogens is 302 g/mol. The number of amides is 1. The zero-order valence-corrected chi connectivity index (χ0v) is 13.9. The standard InChI is InChI=1S/C18H23N5O/c1-22-8-10-23(11-9-22)13-14-2-4-15(5-3-14)18(24)21-16-6-7-17(19)20-12-16/h2-7,12H,8-11,13H2,1H3,(H2,19,20)(H,21,24). The third-order valence-electron chi connectivity index (χ3n) is 4.26. The minimum absolute atomic E-state index is 0.146.